The molecular weight excluding hydrogens is 338 g/mol. The third kappa shape index (κ3) is 4.63. The number of amides is 3. The van der Waals surface area contributed by atoms with Gasteiger partial charge in [-0.25, -0.2) is 0 Å². The minimum atomic E-state index is -0.536. The molecule has 1 fully saturated rings. The van der Waals surface area contributed by atoms with Crippen molar-refractivity contribution in [2.24, 2.45) is 0 Å². The molecule has 0 bridgehead atoms. The van der Waals surface area contributed by atoms with Crippen LogP contribution >= 0.6 is 11.8 Å². The average Bonchev–Trinajstić information content (AvgIpc) is 3.07. The van der Waals surface area contributed by atoms with Crippen LogP contribution in [0.15, 0.2) is 30.9 Å². The van der Waals surface area contributed by atoms with Gasteiger partial charge in [0.1, 0.15) is 6.04 Å². The van der Waals surface area contributed by atoms with Crippen LogP contribution in [0.1, 0.15) is 11.1 Å². The highest BCUT2D eigenvalue weighted by atomic mass is 32.2. The lowest BCUT2D eigenvalue weighted by Gasteiger charge is -2.25. The van der Waals surface area contributed by atoms with Crippen molar-refractivity contribution in [1.82, 2.24) is 9.80 Å². The number of nitrogens with zero attached hydrogens (tertiary/aromatic N) is 2. The maximum absolute atomic E-state index is 12.6. The molecule has 0 radical (unpaired) electrons. The standard InChI is InChI=1S/C18H23N3O3S/c1-5-16(22)20(4)9-17(23)21-11-25-10-15(21)18(24)19-14-7-6-12(2)13(3)8-14/h5-8,15H,1,9-11H2,2-4H3,(H,19,24). The Balaban J connectivity index is 2.03. The molecule has 25 heavy (non-hydrogen) atoms. The van der Waals surface area contributed by atoms with Gasteiger partial charge in [-0.2, -0.15) is 0 Å². The zero-order chi connectivity index (χ0) is 18.6. The van der Waals surface area contributed by atoms with Crippen molar-refractivity contribution in [1.29, 1.82) is 0 Å². The van der Waals surface area contributed by atoms with Crippen LogP contribution in [0.3, 0.4) is 0 Å². The van der Waals surface area contributed by atoms with Gasteiger partial charge in [-0.1, -0.05) is 12.6 Å². The summed E-state index contributed by atoms with van der Waals surface area (Å²) in [6.07, 6.45) is 1.16. The van der Waals surface area contributed by atoms with E-state index < -0.39 is 6.04 Å². The predicted molar refractivity (Wildman–Crippen MR) is 100 cm³/mol. The Bertz CT molecular complexity index is 705. The Hall–Kier alpha value is -2.28. The van der Waals surface area contributed by atoms with Crippen molar-refractivity contribution in [3.05, 3.63) is 42.0 Å². The molecule has 1 aromatic carbocycles. The Kier molecular flexibility index (Phi) is 6.25. The number of carbonyl (C=O) groups excluding carboxylic acids is 3. The fourth-order valence-electron chi connectivity index (χ4n) is 2.48. The zero-order valence-electron chi connectivity index (χ0n) is 14.7. The smallest absolute Gasteiger partial charge is 0.248 e. The summed E-state index contributed by atoms with van der Waals surface area (Å²) in [4.78, 5) is 39.4. The number of thioether (sulfide) groups is 1. The van der Waals surface area contributed by atoms with Crippen molar-refractivity contribution in [2.75, 3.05) is 30.5 Å². The second kappa shape index (κ2) is 8.20. The summed E-state index contributed by atoms with van der Waals surface area (Å²) in [5.41, 5.74) is 2.97. The first-order valence-electron chi connectivity index (χ1n) is 7.96. The Labute approximate surface area is 152 Å². The topological polar surface area (TPSA) is 69.7 Å². The first-order valence-corrected chi connectivity index (χ1v) is 9.11. The summed E-state index contributed by atoms with van der Waals surface area (Å²) in [5.74, 6) is 0.209. The highest BCUT2D eigenvalue weighted by molar-refractivity contribution is 7.99. The average molecular weight is 361 g/mol. The Morgan fingerprint density at radius 1 is 1.36 bits per heavy atom. The molecule has 1 atom stereocenters. The summed E-state index contributed by atoms with van der Waals surface area (Å²) in [6, 6.07) is 5.18. The van der Waals surface area contributed by atoms with Gasteiger partial charge >= 0.3 is 0 Å². The molecule has 0 aromatic heterocycles. The number of benzene rings is 1. The number of nitrogens with one attached hydrogen (secondary N) is 1. The van der Waals surface area contributed by atoms with Crippen LogP contribution in [0.25, 0.3) is 0 Å². The molecule has 1 aliphatic heterocycles. The molecular formula is C18H23N3O3S. The van der Waals surface area contributed by atoms with E-state index in [1.54, 1.807) is 0 Å². The van der Waals surface area contributed by atoms with Gasteiger partial charge in [-0.05, 0) is 43.2 Å². The third-order valence-electron chi connectivity index (χ3n) is 4.20. The first-order chi connectivity index (χ1) is 11.8. The van der Waals surface area contributed by atoms with E-state index in [2.05, 4.69) is 11.9 Å². The Morgan fingerprint density at radius 2 is 2.08 bits per heavy atom. The number of carbonyl (C=O) groups is 3. The van der Waals surface area contributed by atoms with Crippen molar-refractivity contribution >= 4 is 35.2 Å². The summed E-state index contributed by atoms with van der Waals surface area (Å²) in [7, 11) is 1.54. The van der Waals surface area contributed by atoms with Crippen LogP contribution in [0.5, 0.6) is 0 Å². The third-order valence-corrected chi connectivity index (χ3v) is 5.22. The quantitative estimate of drug-likeness (QED) is 0.812. The summed E-state index contributed by atoms with van der Waals surface area (Å²) in [5, 5.41) is 2.88. The maximum Gasteiger partial charge on any atom is 0.248 e. The largest absolute Gasteiger partial charge is 0.333 e. The van der Waals surface area contributed by atoms with Gasteiger partial charge < -0.3 is 15.1 Å². The molecule has 134 valence electrons. The Morgan fingerprint density at radius 3 is 2.72 bits per heavy atom. The van der Waals surface area contributed by atoms with Crippen molar-refractivity contribution in [3.8, 4) is 0 Å². The van der Waals surface area contributed by atoms with E-state index in [-0.39, 0.29) is 24.3 Å². The predicted octanol–water partition coefficient (Wildman–Crippen LogP) is 1.79. The number of hydrogen-bond donors (Lipinski definition) is 1. The molecule has 1 unspecified atom stereocenters. The van der Waals surface area contributed by atoms with Gasteiger partial charge in [-0.3, -0.25) is 14.4 Å². The summed E-state index contributed by atoms with van der Waals surface area (Å²) in [6.45, 7) is 7.33. The maximum atomic E-state index is 12.6. The van der Waals surface area contributed by atoms with Crippen LogP contribution in [-0.2, 0) is 14.4 Å². The lowest BCUT2D eigenvalue weighted by molar-refractivity contribution is -0.139. The van der Waals surface area contributed by atoms with E-state index in [0.29, 0.717) is 11.6 Å². The van der Waals surface area contributed by atoms with Crippen LogP contribution < -0.4 is 5.32 Å². The number of anilines is 1. The molecule has 3 amide bonds. The molecule has 0 saturated carbocycles. The second-order valence-electron chi connectivity index (χ2n) is 6.07. The van der Waals surface area contributed by atoms with Gasteiger partial charge in [0.25, 0.3) is 0 Å². The van der Waals surface area contributed by atoms with E-state index >= 15 is 0 Å². The monoisotopic (exact) mass is 361 g/mol. The molecule has 0 aliphatic carbocycles. The van der Waals surface area contributed by atoms with Gasteiger partial charge in [-0.15, -0.1) is 11.8 Å². The van der Waals surface area contributed by atoms with E-state index in [0.717, 1.165) is 22.9 Å². The number of aryl methyl sites for hydroxylation is 2. The number of likely N-dealkylation sites (N-methyl/N-ethyl adjacent to an activating group) is 1. The van der Waals surface area contributed by atoms with Crippen molar-refractivity contribution in [2.45, 2.75) is 19.9 Å². The van der Waals surface area contributed by atoms with Gasteiger partial charge in [0.05, 0.1) is 12.4 Å². The summed E-state index contributed by atoms with van der Waals surface area (Å²) < 4.78 is 0. The van der Waals surface area contributed by atoms with Gasteiger partial charge in [0.2, 0.25) is 17.7 Å². The van der Waals surface area contributed by atoms with Crippen LogP contribution in [-0.4, -0.2) is 58.8 Å². The van der Waals surface area contributed by atoms with Crippen molar-refractivity contribution < 1.29 is 14.4 Å². The molecule has 2 rings (SSSR count). The minimum Gasteiger partial charge on any atom is -0.333 e. The lowest BCUT2D eigenvalue weighted by Crippen LogP contribution is -2.48. The molecule has 1 saturated heterocycles. The highest BCUT2D eigenvalue weighted by Crippen LogP contribution is 2.23. The second-order valence-corrected chi connectivity index (χ2v) is 7.07. The molecule has 0 spiro atoms. The molecule has 6 nitrogen and oxygen atoms in total. The van der Waals surface area contributed by atoms with Gasteiger partial charge in [0.15, 0.2) is 0 Å². The molecule has 1 aliphatic rings. The van der Waals surface area contributed by atoms with E-state index in [9.17, 15) is 14.4 Å². The zero-order valence-corrected chi connectivity index (χ0v) is 15.6. The minimum absolute atomic E-state index is 0.0706. The highest BCUT2D eigenvalue weighted by Gasteiger charge is 2.35. The number of rotatable bonds is 5. The fourth-order valence-corrected chi connectivity index (χ4v) is 3.66. The van der Waals surface area contributed by atoms with Crippen LogP contribution in [0.4, 0.5) is 5.69 Å². The number of hydrogen-bond acceptors (Lipinski definition) is 4. The molecule has 1 heterocycles. The SMILES string of the molecule is C=CC(=O)N(C)CC(=O)N1CSCC1C(=O)Nc1ccc(C)c(C)c1. The van der Waals surface area contributed by atoms with Crippen LogP contribution in [0.2, 0.25) is 0 Å². The normalized spacial score (nSPS) is 16.4. The fraction of sp³-hybridized carbons (Fsp3) is 0.389. The molecule has 1 aromatic rings. The van der Waals surface area contributed by atoms with E-state index in [1.165, 1.54) is 28.6 Å². The van der Waals surface area contributed by atoms with Gasteiger partial charge in [0, 0.05) is 18.5 Å². The van der Waals surface area contributed by atoms with Crippen LogP contribution in [0, 0.1) is 13.8 Å². The van der Waals surface area contributed by atoms with E-state index in [4.69, 9.17) is 0 Å². The van der Waals surface area contributed by atoms with Crippen molar-refractivity contribution in [3.63, 3.8) is 0 Å². The lowest BCUT2D eigenvalue weighted by atomic mass is 10.1. The molecule has 7 heteroatoms. The van der Waals surface area contributed by atoms with E-state index in [1.807, 2.05) is 32.0 Å². The first kappa shape index (κ1) is 19.1. The summed E-state index contributed by atoms with van der Waals surface area (Å²) >= 11 is 1.52. The molecule has 1 N–H and O–H groups in total.